The minimum atomic E-state index is 1.07. The third-order valence-corrected chi connectivity index (χ3v) is 0.354. The van der Waals surface area contributed by atoms with Gasteiger partial charge in [-0.3, -0.25) is 0 Å². The Morgan fingerprint density at radius 2 is 0.909 bits per heavy atom. The van der Waals surface area contributed by atoms with Gasteiger partial charge in [0, 0.05) is 0 Å². The lowest BCUT2D eigenvalue weighted by atomic mass is 10.6. The van der Waals surface area contributed by atoms with E-state index < -0.39 is 0 Å². The first-order chi connectivity index (χ1) is 5.33. The fraction of sp³-hybridized carbons (Fsp3) is 1.00. The molecule has 11 heavy (non-hydrogen) atoms. The van der Waals surface area contributed by atoms with Crippen LogP contribution < -0.4 is 5.32 Å². The maximum Gasteiger partial charge on any atom is -0.00804 e. The first-order valence-electron chi connectivity index (χ1n) is 4.97. The van der Waals surface area contributed by atoms with E-state index in [2.05, 4.69) is 26.1 Å². The molecule has 0 rings (SSSR count). The summed E-state index contributed by atoms with van der Waals surface area (Å²) in [5, 5.41) is 2.93. The predicted octanol–water partition coefficient (Wildman–Crippen LogP) is 3.69. The highest BCUT2D eigenvalue weighted by Gasteiger charge is 1.50. The van der Waals surface area contributed by atoms with E-state index in [1.54, 1.807) is 0 Å². The Hall–Kier alpha value is -0.0400. The molecule has 0 saturated heterocycles. The van der Waals surface area contributed by atoms with Crippen LogP contribution in [0.25, 0.3) is 0 Å². The van der Waals surface area contributed by atoms with Gasteiger partial charge in [-0.25, -0.2) is 0 Å². The van der Waals surface area contributed by atoms with Crippen molar-refractivity contribution < 1.29 is 0 Å². The zero-order valence-electron chi connectivity index (χ0n) is 9.91. The minimum Gasteiger partial charge on any atom is -0.320 e. The van der Waals surface area contributed by atoms with Crippen LogP contribution in [0.2, 0.25) is 0 Å². The van der Waals surface area contributed by atoms with Gasteiger partial charge in [0.1, 0.15) is 0 Å². The molecule has 1 heteroatoms. The Morgan fingerprint density at radius 3 is 0.909 bits per heavy atom. The minimum absolute atomic E-state index is 1.07. The summed E-state index contributed by atoms with van der Waals surface area (Å²) >= 11 is 0. The van der Waals surface area contributed by atoms with Gasteiger partial charge in [-0.1, -0.05) is 54.9 Å². The molecule has 0 spiro atoms. The molecular formula is C10H29N. The Balaban J connectivity index is -0.0000000315. The van der Waals surface area contributed by atoms with Gasteiger partial charge in [-0.2, -0.15) is 0 Å². The van der Waals surface area contributed by atoms with Gasteiger partial charge in [-0.15, -0.1) is 0 Å². The summed E-state index contributed by atoms with van der Waals surface area (Å²) in [7, 11) is 1.93. The van der Waals surface area contributed by atoms with Crippen LogP contribution in [-0.2, 0) is 0 Å². The summed E-state index contributed by atoms with van der Waals surface area (Å²) in [5.74, 6) is 0. The predicted molar refractivity (Wildman–Crippen MR) is 58.3 cm³/mol. The lowest BCUT2D eigenvalue weighted by Crippen LogP contribution is -2.01. The number of nitrogens with one attached hydrogen (secondary N) is 1. The average Bonchev–Trinajstić information content (AvgIpc) is 2.12. The van der Waals surface area contributed by atoms with E-state index in [9.17, 15) is 0 Å². The Kier molecular flexibility index (Phi) is 186. The van der Waals surface area contributed by atoms with Crippen LogP contribution >= 0.6 is 0 Å². The molecule has 0 aliphatic rings. The summed E-state index contributed by atoms with van der Waals surface area (Å²) in [5.41, 5.74) is 0. The van der Waals surface area contributed by atoms with Gasteiger partial charge in [0.25, 0.3) is 0 Å². The zero-order chi connectivity index (χ0) is 10.1. The molecule has 0 unspecified atom stereocenters. The van der Waals surface area contributed by atoms with Crippen molar-refractivity contribution in [3.05, 3.63) is 0 Å². The highest BCUT2D eigenvalue weighted by atomic mass is 14.8. The van der Waals surface area contributed by atoms with Crippen molar-refractivity contribution in [2.75, 3.05) is 13.6 Å². The number of hydrogen-bond donors (Lipinski definition) is 1. The number of rotatable bonds is 1. The molecule has 0 aromatic carbocycles. The van der Waals surface area contributed by atoms with Crippen LogP contribution in [-0.4, -0.2) is 13.6 Å². The van der Waals surface area contributed by atoms with E-state index in [4.69, 9.17) is 0 Å². The standard InChI is InChI=1S/C3H9N.C3H8.2C2H6/c1-3-4-2;1-3-2;2*1-2/h4H,3H2,1-2H3;3H2,1-2H3;2*1-2H3. The molecule has 0 bridgehead atoms. The molecule has 74 valence electrons. The van der Waals surface area contributed by atoms with E-state index in [1.165, 1.54) is 6.42 Å². The zero-order valence-corrected chi connectivity index (χ0v) is 9.91. The molecule has 0 aliphatic carbocycles. The molecule has 0 aromatic heterocycles. The molecule has 1 N–H and O–H groups in total. The normalized spacial score (nSPS) is 5.45. The second-order valence-corrected chi connectivity index (χ2v) is 1.41. The van der Waals surface area contributed by atoms with Crippen molar-refractivity contribution in [2.24, 2.45) is 0 Å². The second kappa shape index (κ2) is 91.3. The Morgan fingerprint density at radius 1 is 0.818 bits per heavy atom. The van der Waals surface area contributed by atoms with E-state index in [-0.39, 0.29) is 0 Å². The first-order valence-corrected chi connectivity index (χ1v) is 4.97. The van der Waals surface area contributed by atoms with Crippen LogP contribution in [0.3, 0.4) is 0 Å². The summed E-state index contributed by atoms with van der Waals surface area (Å²) in [6.45, 7) is 15.4. The lowest BCUT2D eigenvalue weighted by molar-refractivity contribution is 0.864. The topological polar surface area (TPSA) is 12.0 Å². The summed E-state index contributed by atoms with van der Waals surface area (Å²) in [6, 6.07) is 0. The Bertz CT molecular complexity index is 12.3. The van der Waals surface area contributed by atoms with E-state index in [0.717, 1.165) is 6.54 Å². The molecule has 0 amide bonds. The largest absolute Gasteiger partial charge is 0.320 e. The van der Waals surface area contributed by atoms with Crippen molar-refractivity contribution in [1.82, 2.24) is 5.32 Å². The molecule has 0 fully saturated rings. The molecule has 0 atom stereocenters. The van der Waals surface area contributed by atoms with Crippen molar-refractivity contribution in [3.8, 4) is 0 Å². The quantitative estimate of drug-likeness (QED) is 0.621. The van der Waals surface area contributed by atoms with Crippen molar-refractivity contribution in [3.63, 3.8) is 0 Å². The molecule has 0 radical (unpaired) electrons. The van der Waals surface area contributed by atoms with Crippen LogP contribution in [0.4, 0.5) is 0 Å². The van der Waals surface area contributed by atoms with Gasteiger partial charge in [-0.05, 0) is 13.6 Å². The van der Waals surface area contributed by atoms with Crippen molar-refractivity contribution in [2.45, 2.75) is 54.9 Å². The van der Waals surface area contributed by atoms with E-state index in [1.807, 2.05) is 34.7 Å². The SMILES string of the molecule is CC.CC.CCC.CCNC. The molecule has 1 nitrogen and oxygen atoms in total. The third kappa shape index (κ3) is 685. The van der Waals surface area contributed by atoms with Crippen molar-refractivity contribution in [1.29, 1.82) is 0 Å². The van der Waals surface area contributed by atoms with Gasteiger partial charge < -0.3 is 5.32 Å². The van der Waals surface area contributed by atoms with Crippen molar-refractivity contribution >= 4 is 0 Å². The summed E-state index contributed by atoms with van der Waals surface area (Å²) < 4.78 is 0. The molecule has 0 aliphatic heterocycles. The number of hydrogen-bond acceptors (Lipinski definition) is 1. The Labute approximate surface area is 74.6 Å². The molecule has 0 heterocycles. The molecular weight excluding hydrogens is 134 g/mol. The van der Waals surface area contributed by atoms with E-state index in [0.29, 0.717) is 0 Å². The summed E-state index contributed by atoms with van der Waals surface area (Å²) in [4.78, 5) is 0. The highest BCUT2D eigenvalue weighted by Crippen LogP contribution is 1.56. The van der Waals surface area contributed by atoms with Gasteiger partial charge in [0.15, 0.2) is 0 Å². The molecule has 0 saturated carbocycles. The lowest BCUT2D eigenvalue weighted by Gasteiger charge is -1.76. The van der Waals surface area contributed by atoms with Crippen LogP contribution in [0, 0.1) is 0 Å². The highest BCUT2D eigenvalue weighted by molar-refractivity contribution is 4.15. The maximum atomic E-state index is 2.93. The average molecular weight is 163 g/mol. The van der Waals surface area contributed by atoms with Gasteiger partial charge in [0.05, 0.1) is 0 Å². The third-order valence-electron chi connectivity index (χ3n) is 0.354. The van der Waals surface area contributed by atoms with E-state index >= 15 is 0 Å². The maximum absolute atomic E-state index is 2.93. The summed E-state index contributed by atoms with van der Waals surface area (Å²) in [6.07, 6.45) is 1.25. The fourth-order valence-corrected chi connectivity index (χ4v) is 0. The van der Waals surface area contributed by atoms with Crippen LogP contribution in [0.15, 0.2) is 0 Å². The molecule has 0 aromatic rings. The fourth-order valence-electron chi connectivity index (χ4n) is 0. The first kappa shape index (κ1) is 22.4. The van der Waals surface area contributed by atoms with Crippen LogP contribution in [0.5, 0.6) is 0 Å². The monoisotopic (exact) mass is 163 g/mol. The van der Waals surface area contributed by atoms with Crippen LogP contribution in [0.1, 0.15) is 54.9 Å². The smallest absolute Gasteiger partial charge is 0.00804 e. The van der Waals surface area contributed by atoms with Gasteiger partial charge >= 0.3 is 0 Å². The second-order valence-electron chi connectivity index (χ2n) is 1.41. The van der Waals surface area contributed by atoms with Gasteiger partial charge in [0.2, 0.25) is 0 Å².